The van der Waals surface area contributed by atoms with Crippen molar-refractivity contribution in [2.24, 2.45) is 5.73 Å². The molecule has 4 N–H and O–H groups in total. The van der Waals surface area contributed by atoms with Crippen LogP contribution >= 0.6 is 0 Å². The molecule has 1 aromatic heterocycles. The molecule has 3 rings (SSSR count). The number of methoxy groups -OCH3 is 1. The van der Waals surface area contributed by atoms with E-state index in [1.807, 2.05) is 31.2 Å². The molecule has 0 atom stereocenters. The lowest BCUT2D eigenvalue weighted by Crippen LogP contribution is -2.14. The summed E-state index contributed by atoms with van der Waals surface area (Å²) in [5.41, 5.74) is 9.60. The Morgan fingerprint density at radius 3 is 2.59 bits per heavy atom. The number of aliphatic hydroxyl groups is 1. The van der Waals surface area contributed by atoms with Gasteiger partial charge in [-0.05, 0) is 36.6 Å². The molecule has 1 heterocycles. The highest BCUT2D eigenvalue weighted by molar-refractivity contribution is 6.08. The maximum atomic E-state index is 12.2. The van der Waals surface area contributed by atoms with Crippen LogP contribution in [0.25, 0.3) is 10.9 Å². The van der Waals surface area contributed by atoms with E-state index in [9.17, 15) is 9.90 Å². The molecule has 7 nitrogen and oxygen atoms in total. The molecule has 0 radical (unpaired) electrons. The van der Waals surface area contributed by atoms with Gasteiger partial charge in [0.05, 0.1) is 37.1 Å². The van der Waals surface area contributed by atoms with E-state index in [1.54, 1.807) is 13.2 Å². The van der Waals surface area contributed by atoms with Gasteiger partial charge in [0, 0.05) is 23.3 Å². The molecule has 0 unspecified atom stereocenters. The number of nitrogens with two attached hydrogens (primary N) is 1. The molecule has 1 amide bonds. The monoisotopic (exact) mass is 465 g/mol. The number of primary amides is 1. The van der Waals surface area contributed by atoms with Crippen LogP contribution in [0.5, 0.6) is 11.5 Å². The first kappa shape index (κ1) is 25.3. The molecule has 0 aliphatic rings. The van der Waals surface area contributed by atoms with E-state index in [1.165, 1.54) is 31.9 Å². The number of hydrogen-bond acceptors (Lipinski definition) is 6. The standard InChI is InChI=1S/C27H35N3O4/c1-4-5-6-7-8-9-13-34-25-14-20-23(15-24(25)33-3)29-16-21(27(28)32)26(20)30-22-12-10-11-19(17-31)18(22)2/h10-12,14-16,31H,4-9,13,17H2,1-3H3,(H2,28,32)(H,29,30). The number of carbonyl (C=O) groups is 1. The first-order chi connectivity index (χ1) is 16.5. The maximum Gasteiger partial charge on any atom is 0.252 e. The number of anilines is 2. The first-order valence-electron chi connectivity index (χ1n) is 11.9. The lowest BCUT2D eigenvalue weighted by molar-refractivity contribution is 0.100. The van der Waals surface area contributed by atoms with E-state index in [2.05, 4.69) is 17.2 Å². The normalized spacial score (nSPS) is 10.9. The van der Waals surface area contributed by atoms with E-state index in [-0.39, 0.29) is 12.2 Å². The number of rotatable bonds is 13. The van der Waals surface area contributed by atoms with Crippen LogP contribution in [0, 0.1) is 6.92 Å². The summed E-state index contributed by atoms with van der Waals surface area (Å²) in [6.07, 6.45) is 8.51. The molecule has 2 aromatic carbocycles. The lowest BCUT2D eigenvalue weighted by atomic mass is 10.0. The number of ether oxygens (including phenoxy) is 2. The quantitative estimate of drug-likeness (QED) is 0.283. The molecule has 7 heteroatoms. The molecule has 0 fully saturated rings. The molecular weight excluding hydrogens is 430 g/mol. The first-order valence-corrected chi connectivity index (χ1v) is 11.9. The zero-order chi connectivity index (χ0) is 24.5. The second-order valence-corrected chi connectivity index (χ2v) is 8.42. The highest BCUT2D eigenvalue weighted by Gasteiger charge is 2.18. The number of aromatic nitrogens is 1. The molecule has 0 bridgehead atoms. The van der Waals surface area contributed by atoms with E-state index < -0.39 is 5.91 Å². The van der Waals surface area contributed by atoms with Gasteiger partial charge in [-0.15, -0.1) is 0 Å². The molecule has 0 aliphatic heterocycles. The minimum Gasteiger partial charge on any atom is -0.493 e. The number of unbranched alkanes of at least 4 members (excludes halogenated alkanes) is 5. The summed E-state index contributed by atoms with van der Waals surface area (Å²) >= 11 is 0. The minimum atomic E-state index is -0.585. The molecule has 0 spiro atoms. The predicted molar refractivity (Wildman–Crippen MR) is 136 cm³/mol. The smallest absolute Gasteiger partial charge is 0.252 e. The van der Waals surface area contributed by atoms with Gasteiger partial charge in [0.2, 0.25) is 0 Å². The fraction of sp³-hybridized carbons (Fsp3) is 0.407. The Balaban J connectivity index is 1.95. The Labute approximate surface area is 201 Å². The van der Waals surface area contributed by atoms with Crippen LogP contribution < -0.4 is 20.5 Å². The Bertz CT molecular complexity index is 1130. The number of nitrogens with zero attached hydrogens (tertiary/aromatic N) is 1. The number of benzene rings is 2. The maximum absolute atomic E-state index is 12.2. The number of hydrogen-bond donors (Lipinski definition) is 3. The summed E-state index contributed by atoms with van der Waals surface area (Å²) < 4.78 is 11.6. The summed E-state index contributed by atoms with van der Waals surface area (Å²) in [7, 11) is 1.60. The van der Waals surface area contributed by atoms with Crippen LogP contribution in [-0.4, -0.2) is 29.7 Å². The summed E-state index contributed by atoms with van der Waals surface area (Å²) in [5, 5.41) is 13.7. The van der Waals surface area contributed by atoms with Crippen LogP contribution in [0.4, 0.5) is 11.4 Å². The fourth-order valence-corrected chi connectivity index (χ4v) is 3.98. The van der Waals surface area contributed by atoms with Gasteiger partial charge in [-0.2, -0.15) is 0 Å². The van der Waals surface area contributed by atoms with E-state index in [0.717, 1.165) is 29.7 Å². The predicted octanol–water partition coefficient (Wildman–Crippen LogP) is 5.63. The highest BCUT2D eigenvalue weighted by atomic mass is 16.5. The highest BCUT2D eigenvalue weighted by Crippen LogP contribution is 2.38. The number of aliphatic hydroxyl groups excluding tert-OH is 1. The van der Waals surface area contributed by atoms with Gasteiger partial charge in [0.1, 0.15) is 0 Å². The molecule has 182 valence electrons. The fourth-order valence-electron chi connectivity index (χ4n) is 3.98. The van der Waals surface area contributed by atoms with Crippen molar-refractivity contribution in [1.82, 2.24) is 4.98 Å². The van der Waals surface area contributed by atoms with Crippen molar-refractivity contribution >= 4 is 28.2 Å². The van der Waals surface area contributed by atoms with Crippen molar-refractivity contribution in [3.63, 3.8) is 0 Å². The van der Waals surface area contributed by atoms with E-state index in [0.29, 0.717) is 34.7 Å². The number of fused-ring (bicyclic) bond motifs is 1. The van der Waals surface area contributed by atoms with Crippen molar-refractivity contribution in [3.05, 3.63) is 53.2 Å². The molecular formula is C27H35N3O4. The molecule has 3 aromatic rings. The molecule has 0 saturated carbocycles. The topological polar surface area (TPSA) is 107 Å². The third-order valence-electron chi connectivity index (χ3n) is 6.05. The van der Waals surface area contributed by atoms with Gasteiger partial charge in [-0.25, -0.2) is 0 Å². The number of pyridine rings is 1. The third-order valence-corrected chi connectivity index (χ3v) is 6.05. The van der Waals surface area contributed by atoms with Gasteiger partial charge in [-0.1, -0.05) is 51.2 Å². The molecule has 34 heavy (non-hydrogen) atoms. The van der Waals surface area contributed by atoms with Crippen LogP contribution in [0.2, 0.25) is 0 Å². The minimum absolute atomic E-state index is 0.0746. The van der Waals surface area contributed by atoms with E-state index >= 15 is 0 Å². The second-order valence-electron chi connectivity index (χ2n) is 8.42. The van der Waals surface area contributed by atoms with Crippen LogP contribution in [0.1, 0.15) is 66.9 Å². The zero-order valence-electron chi connectivity index (χ0n) is 20.3. The van der Waals surface area contributed by atoms with Crippen LogP contribution in [0.15, 0.2) is 36.5 Å². The largest absolute Gasteiger partial charge is 0.493 e. The number of amides is 1. The van der Waals surface area contributed by atoms with Crippen LogP contribution in [-0.2, 0) is 6.61 Å². The summed E-state index contributed by atoms with van der Waals surface area (Å²) in [4.78, 5) is 16.7. The van der Waals surface area contributed by atoms with Gasteiger partial charge >= 0.3 is 0 Å². The third kappa shape index (κ3) is 5.97. The summed E-state index contributed by atoms with van der Waals surface area (Å²) in [6, 6.07) is 9.26. The van der Waals surface area contributed by atoms with Gasteiger partial charge < -0.3 is 25.6 Å². The van der Waals surface area contributed by atoms with Crippen molar-refractivity contribution in [1.29, 1.82) is 0 Å². The molecule has 0 aliphatic carbocycles. The van der Waals surface area contributed by atoms with Gasteiger partial charge in [0.25, 0.3) is 5.91 Å². The zero-order valence-corrected chi connectivity index (χ0v) is 20.3. The van der Waals surface area contributed by atoms with Crippen molar-refractivity contribution in [3.8, 4) is 11.5 Å². The van der Waals surface area contributed by atoms with Gasteiger partial charge in [-0.3, -0.25) is 9.78 Å². The lowest BCUT2D eigenvalue weighted by Gasteiger charge is -2.18. The van der Waals surface area contributed by atoms with Crippen molar-refractivity contribution < 1.29 is 19.4 Å². The average Bonchev–Trinajstić information content (AvgIpc) is 2.84. The number of nitrogens with one attached hydrogen (secondary N) is 1. The summed E-state index contributed by atoms with van der Waals surface area (Å²) in [6.45, 7) is 4.63. The Kier molecular flexibility index (Phi) is 9.10. The Morgan fingerprint density at radius 2 is 1.88 bits per heavy atom. The number of carbonyl (C=O) groups excluding carboxylic acids is 1. The summed E-state index contributed by atoms with van der Waals surface area (Å²) in [5.74, 6) is 0.594. The second kappa shape index (κ2) is 12.2. The molecule has 0 saturated heterocycles. The van der Waals surface area contributed by atoms with Gasteiger partial charge in [0.15, 0.2) is 11.5 Å². The van der Waals surface area contributed by atoms with Crippen molar-refractivity contribution in [2.75, 3.05) is 19.0 Å². The van der Waals surface area contributed by atoms with E-state index in [4.69, 9.17) is 15.2 Å². The average molecular weight is 466 g/mol. The Morgan fingerprint density at radius 1 is 1.12 bits per heavy atom. The Hall–Kier alpha value is -3.32. The van der Waals surface area contributed by atoms with Crippen LogP contribution in [0.3, 0.4) is 0 Å². The van der Waals surface area contributed by atoms with Crippen molar-refractivity contribution in [2.45, 2.75) is 59.0 Å². The SMILES string of the molecule is CCCCCCCCOc1cc2c(Nc3cccc(CO)c3C)c(C(N)=O)cnc2cc1OC.